The number of hydrogen-bond donors (Lipinski definition) is 3. The molecule has 0 aliphatic rings. The third-order valence-corrected chi connectivity index (χ3v) is 2.44. The molecule has 0 spiro atoms. The largest absolute Gasteiger partial charge is 0.506 e. The van der Waals surface area contributed by atoms with Gasteiger partial charge >= 0.3 is 6.09 Å². The van der Waals surface area contributed by atoms with E-state index in [9.17, 15) is 14.3 Å². The van der Waals surface area contributed by atoms with Gasteiger partial charge in [-0.3, -0.25) is 5.32 Å². The third-order valence-electron chi connectivity index (χ3n) is 2.44. The number of carbonyl (C=O) groups is 1. The van der Waals surface area contributed by atoms with E-state index in [0.29, 0.717) is 5.56 Å². The Morgan fingerprint density at radius 2 is 2.15 bits per heavy atom. The van der Waals surface area contributed by atoms with E-state index in [4.69, 9.17) is 10.5 Å². The normalized spacial score (nSPS) is 12.8. The van der Waals surface area contributed by atoms with Crippen molar-refractivity contribution in [3.63, 3.8) is 0 Å². The van der Waals surface area contributed by atoms with Gasteiger partial charge in [-0.25, -0.2) is 9.18 Å². The van der Waals surface area contributed by atoms with Crippen LogP contribution in [0.4, 0.5) is 14.9 Å². The Morgan fingerprint density at radius 1 is 1.50 bits per heavy atom. The van der Waals surface area contributed by atoms with E-state index in [1.165, 1.54) is 18.2 Å². The van der Waals surface area contributed by atoms with Gasteiger partial charge in [0.1, 0.15) is 17.5 Å². The Morgan fingerprint density at radius 3 is 2.70 bits per heavy atom. The highest BCUT2D eigenvalue weighted by atomic mass is 19.1. The van der Waals surface area contributed by atoms with Crippen LogP contribution in [0, 0.1) is 0 Å². The maximum atomic E-state index is 13.8. The van der Waals surface area contributed by atoms with Crippen LogP contribution in [0.1, 0.15) is 38.9 Å². The van der Waals surface area contributed by atoms with Gasteiger partial charge in [-0.2, -0.15) is 0 Å². The maximum absolute atomic E-state index is 13.8. The van der Waals surface area contributed by atoms with Crippen molar-refractivity contribution in [1.29, 1.82) is 0 Å². The minimum atomic E-state index is -1.24. The van der Waals surface area contributed by atoms with E-state index in [0.717, 1.165) is 0 Å². The molecule has 1 atom stereocenters. The van der Waals surface area contributed by atoms with Crippen LogP contribution in [0.15, 0.2) is 18.2 Å². The fourth-order valence-electron chi connectivity index (χ4n) is 1.58. The average molecular weight is 284 g/mol. The van der Waals surface area contributed by atoms with Gasteiger partial charge < -0.3 is 15.6 Å². The Kier molecular flexibility index (Phi) is 5.33. The molecule has 5 nitrogen and oxygen atoms in total. The van der Waals surface area contributed by atoms with Crippen molar-refractivity contribution in [3.05, 3.63) is 23.8 Å². The molecule has 1 aromatic rings. The van der Waals surface area contributed by atoms with E-state index in [1.807, 2.05) is 0 Å². The standard InChI is InChI=1S/C14H21FN2O3/c1-14(2,3)20-13(19)17-11-8-9(4-5-12(11)18)10(15)6-7-16/h4-5,8,10,18H,6-7,16H2,1-3H3,(H,17,19). The first-order chi connectivity index (χ1) is 9.23. The molecule has 0 aliphatic carbocycles. The first kappa shape index (κ1) is 16.2. The van der Waals surface area contributed by atoms with E-state index < -0.39 is 17.9 Å². The number of amides is 1. The highest BCUT2D eigenvalue weighted by molar-refractivity contribution is 5.87. The average Bonchev–Trinajstić information content (AvgIpc) is 2.29. The molecular weight excluding hydrogens is 263 g/mol. The molecule has 0 fully saturated rings. The Bertz CT molecular complexity index is 472. The third kappa shape index (κ3) is 5.05. The lowest BCUT2D eigenvalue weighted by atomic mass is 10.1. The molecule has 0 aromatic heterocycles. The van der Waals surface area contributed by atoms with Crippen LogP contribution in [-0.4, -0.2) is 23.3 Å². The summed E-state index contributed by atoms with van der Waals surface area (Å²) in [5.74, 6) is -0.153. The van der Waals surface area contributed by atoms with Crippen molar-refractivity contribution in [2.45, 2.75) is 39.0 Å². The lowest BCUT2D eigenvalue weighted by Crippen LogP contribution is -2.27. The minimum absolute atomic E-state index is 0.108. The number of nitrogens with two attached hydrogens (primary N) is 1. The van der Waals surface area contributed by atoms with Crippen LogP contribution in [0.5, 0.6) is 5.75 Å². The molecule has 0 bridgehead atoms. The highest BCUT2D eigenvalue weighted by Crippen LogP contribution is 2.30. The van der Waals surface area contributed by atoms with E-state index in [-0.39, 0.29) is 24.4 Å². The number of ether oxygens (including phenoxy) is 1. The van der Waals surface area contributed by atoms with Crippen molar-refractivity contribution in [2.24, 2.45) is 5.73 Å². The molecule has 4 N–H and O–H groups in total. The summed E-state index contributed by atoms with van der Waals surface area (Å²) in [4.78, 5) is 11.6. The lowest BCUT2D eigenvalue weighted by molar-refractivity contribution is 0.0635. The van der Waals surface area contributed by atoms with Crippen molar-refractivity contribution in [3.8, 4) is 5.75 Å². The molecule has 1 unspecified atom stereocenters. The second-order valence-electron chi connectivity index (χ2n) is 5.45. The summed E-state index contributed by atoms with van der Waals surface area (Å²) in [6.45, 7) is 5.39. The smallest absolute Gasteiger partial charge is 0.412 e. The Labute approximate surface area is 117 Å². The first-order valence-corrected chi connectivity index (χ1v) is 6.40. The van der Waals surface area contributed by atoms with Crippen molar-refractivity contribution in [1.82, 2.24) is 0 Å². The molecule has 6 heteroatoms. The zero-order valence-corrected chi connectivity index (χ0v) is 11.9. The number of alkyl halides is 1. The molecule has 0 saturated heterocycles. The first-order valence-electron chi connectivity index (χ1n) is 6.40. The second-order valence-corrected chi connectivity index (χ2v) is 5.45. The van der Waals surface area contributed by atoms with Crippen LogP contribution in [0.25, 0.3) is 0 Å². The monoisotopic (exact) mass is 284 g/mol. The number of anilines is 1. The molecule has 0 radical (unpaired) electrons. The van der Waals surface area contributed by atoms with Crippen molar-refractivity contribution in [2.75, 3.05) is 11.9 Å². The summed E-state index contributed by atoms with van der Waals surface area (Å²) in [6, 6.07) is 4.15. The maximum Gasteiger partial charge on any atom is 0.412 e. The Balaban J connectivity index is 2.84. The molecule has 1 aromatic carbocycles. The van der Waals surface area contributed by atoms with E-state index in [2.05, 4.69) is 5.32 Å². The number of benzene rings is 1. The summed E-state index contributed by atoms with van der Waals surface area (Å²) in [6.07, 6.45) is -1.77. The number of hydrogen-bond acceptors (Lipinski definition) is 4. The van der Waals surface area contributed by atoms with Crippen LogP contribution in [0.3, 0.4) is 0 Å². The van der Waals surface area contributed by atoms with Crippen molar-refractivity contribution >= 4 is 11.8 Å². The van der Waals surface area contributed by atoms with Crippen LogP contribution in [-0.2, 0) is 4.74 Å². The van der Waals surface area contributed by atoms with Gasteiger partial charge in [0, 0.05) is 0 Å². The predicted molar refractivity (Wildman–Crippen MR) is 75.5 cm³/mol. The number of halogens is 1. The van der Waals surface area contributed by atoms with Gasteiger partial charge in [-0.1, -0.05) is 6.07 Å². The predicted octanol–water partition coefficient (Wildman–Crippen LogP) is 3.10. The number of nitrogens with one attached hydrogen (secondary N) is 1. The van der Waals surface area contributed by atoms with Gasteiger partial charge in [0.15, 0.2) is 0 Å². The van der Waals surface area contributed by atoms with Gasteiger partial charge in [-0.15, -0.1) is 0 Å². The summed E-state index contributed by atoms with van der Waals surface area (Å²) >= 11 is 0. The zero-order valence-electron chi connectivity index (χ0n) is 11.9. The minimum Gasteiger partial charge on any atom is -0.506 e. The number of carbonyl (C=O) groups excluding carboxylic acids is 1. The second kappa shape index (κ2) is 6.56. The molecule has 1 amide bonds. The lowest BCUT2D eigenvalue weighted by Gasteiger charge is -2.20. The molecule has 112 valence electrons. The SMILES string of the molecule is CC(C)(C)OC(=O)Nc1cc(C(F)CCN)ccc1O. The molecule has 1 rings (SSSR count). The summed E-state index contributed by atoms with van der Waals surface area (Å²) in [5.41, 5.74) is 5.11. The Hall–Kier alpha value is -1.82. The molecule has 0 heterocycles. The van der Waals surface area contributed by atoms with Crippen LogP contribution >= 0.6 is 0 Å². The quantitative estimate of drug-likeness (QED) is 0.742. The topological polar surface area (TPSA) is 84.6 Å². The van der Waals surface area contributed by atoms with Gasteiger partial charge in [-0.05, 0) is 51.4 Å². The molecule has 20 heavy (non-hydrogen) atoms. The van der Waals surface area contributed by atoms with Gasteiger partial charge in [0.2, 0.25) is 0 Å². The molecule has 0 aliphatic heterocycles. The fourth-order valence-corrected chi connectivity index (χ4v) is 1.58. The van der Waals surface area contributed by atoms with Crippen LogP contribution < -0.4 is 11.1 Å². The summed E-state index contributed by atoms with van der Waals surface area (Å²) in [7, 11) is 0. The summed E-state index contributed by atoms with van der Waals surface area (Å²) < 4.78 is 18.8. The van der Waals surface area contributed by atoms with Gasteiger partial charge in [0.25, 0.3) is 0 Å². The summed E-state index contributed by atoms with van der Waals surface area (Å²) in [5, 5.41) is 12.1. The fraction of sp³-hybridized carbons (Fsp3) is 0.500. The van der Waals surface area contributed by atoms with E-state index in [1.54, 1.807) is 20.8 Å². The number of phenols is 1. The number of rotatable bonds is 4. The van der Waals surface area contributed by atoms with Crippen LogP contribution in [0.2, 0.25) is 0 Å². The molecule has 0 saturated carbocycles. The van der Waals surface area contributed by atoms with Gasteiger partial charge in [0.05, 0.1) is 5.69 Å². The van der Waals surface area contributed by atoms with Crippen molar-refractivity contribution < 1.29 is 19.0 Å². The van der Waals surface area contributed by atoms with E-state index >= 15 is 0 Å². The highest BCUT2D eigenvalue weighted by Gasteiger charge is 2.18. The zero-order chi connectivity index (χ0) is 15.3. The molecular formula is C14H21FN2O3. The number of phenolic OH excluding ortho intramolecular Hbond substituents is 1. The number of aromatic hydroxyl groups is 1.